The molecule has 3 rings (SSSR count). The molecule has 1 aromatic rings. The summed E-state index contributed by atoms with van der Waals surface area (Å²) >= 11 is 0. The van der Waals surface area contributed by atoms with Gasteiger partial charge in [-0.15, -0.1) is 0 Å². The quantitative estimate of drug-likeness (QED) is 0.923. The van der Waals surface area contributed by atoms with Gasteiger partial charge < -0.3 is 19.7 Å². The summed E-state index contributed by atoms with van der Waals surface area (Å²) in [5.74, 6) is 0.555. The lowest BCUT2D eigenvalue weighted by Gasteiger charge is -2.20. The number of anilines is 2. The first-order chi connectivity index (χ1) is 10.7. The minimum Gasteiger partial charge on any atom is -0.494 e. The normalized spacial score (nSPS) is 21.2. The highest BCUT2D eigenvalue weighted by Crippen LogP contribution is 2.34. The summed E-state index contributed by atoms with van der Waals surface area (Å²) < 4.78 is 10.7. The molecule has 6 heteroatoms. The van der Waals surface area contributed by atoms with Crippen LogP contribution in [0.2, 0.25) is 0 Å². The molecule has 2 heterocycles. The Bertz CT molecular complexity index is 582. The van der Waals surface area contributed by atoms with Crippen molar-refractivity contribution in [3.05, 3.63) is 18.2 Å². The summed E-state index contributed by atoms with van der Waals surface area (Å²) in [7, 11) is 1.56. The van der Waals surface area contributed by atoms with Crippen molar-refractivity contribution in [1.29, 1.82) is 0 Å². The zero-order valence-corrected chi connectivity index (χ0v) is 12.6. The number of ether oxygens (including phenoxy) is 2. The Kier molecular flexibility index (Phi) is 4.29. The highest BCUT2D eigenvalue weighted by Gasteiger charge is 2.26. The highest BCUT2D eigenvalue weighted by atomic mass is 16.5. The van der Waals surface area contributed by atoms with Crippen LogP contribution in [0.4, 0.5) is 11.4 Å². The maximum atomic E-state index is 12.1. The SMILES string of the molecule is COc1cc(NC(=O)[C@@H]2CCCO2)ccc1N1CCCC1=O. The highest BCUT2D eigenvalue weighted by molar-refractivity contribution is 5.98. The van der Waals surface area contributed by atoms with Gasteiger partial charge in [0.1, 0.15) is 11.9 Å². The molecule has 1 N–H and O–H groups in total. The van der Waals surface area contributed by atoms with Gasteiger partial charge in [-0.3, -0.25) is 9.59 Å². The Hall–Kier alpha value is -2.08. The molecule has 0 unspecified atom stereocenters. The van der Waals surface area contributed by atoms with Crippen LogP contribution in [0.1, 0.15) is 25.7 Å². The van der Waals surface area contributed by atoms with Crippen LogP contribution >= 0.6 is 0 Å². The maximum Gasteiger partial charge on any atom is 0.253 e. The number of rotatable bonds is 4. The van der Waals surface area contributed by atoms with E-state index in [9.17, 15) is 9.59 Å². The number of amides is 2. The van der Waals surface area contributed by atoms with Crippen molar-refractivity contribution >= 4 is 23.2 Å². The van der Waals surface area contributed by atoms with E-state index < -0.39 is 0 Å². The number of hydrogen-bond acceptors (Lipinski definition) is 4. The average molecular weight is 304 g/mol. The smallest absolute Gasteiger partial charge is 0.253 e. The van der Waals surface area contributed by atoms with Crippen molar-refractivity contribution in [3.63, 3.8) is 0 Å². The summed E-state index contributed by atoms with van der Waals surface area (Å²) in [6.07, 6.45) is 2.73. The second-order valence-electron chi connectivity index (χ2n) is 5.53. The van der Waals surface area contributed by atoms with E-state index in [4.69, 9.17) is 9.47 Å². The summed E-state index contributed by atoms with van der Waals surface area (Å²) in [6.45, 7) is 1.34. The number of carbonyl (C=O) groups is 2. The van der Waals surface area contributed by atoms with Crippen molar-refractivity contribution in [2.75, 3.05) is 30.5 Å². The molecular weight excluding hydrogens is 284 g/mol. The van der Waals surface area contributed by atoms with Crippen molar-refractivity contribution in [2.24, 2.45) is 0 Å². The molecule has 118 valence electrons. The van der Waals surface area contributed by atoms with Crippen LogP contribution in [0, 0.1) is 0 Å². The zero-order chi connectivity index (χ0) is 15.5. The molecule has 0 radical (unpaired) electrons. The number of carbonyl (C=O) groups excluding carboxylic acids is 2. The summed E-state index contributed by atoms with van der Waals surface area (Å²) in [4.78, 5) is 25.7. The molecule has 2 saturated heterocycles. The number of nitrogens with zero attached hydrogens (tertiary/aromatic N) is 1. The van der Waals surface area contributed by atoms with E-state index in [1.165, 1.54) is 0 Å². The van der Waals surface area contributed by atoms with Gasteiger partial charge >= 0.3 is 0 Å². The first-order valence-corrected chi connectivity index (χ1v) is 7.60. The van der Waals surface area contributed by atoms with Crippen molar-refractivity contribution in [3.8, 4) is 5.75 Å². The van der Waals surface area contributed by atoms with Gasteiger partial charge in [-0.1, -0.05) is 0 Å². The van der Waals surface area contributed by atoms with Crippen LogP contribution in [-0.4, -0.2) is 38.2 Å². The molecule has 0 aliphatic carbocycles. The van der Waals surface area contributed by atoms with Crippen molar-refractivity contribution in [2.45, 2.75) is 31.8 Å². The minimum atomic E-state index is -0.370. The number of nitrogens with one attached hydrogen (secondary N) is 1. The van der Waals surface area contributed by atoms with Gasteiger partial charge in [0.05, 0.1) is 12.8 Å². The van der Waals surface area contributed by atoms with Crippen LogP contribution in [0.3, 0.4) is 0 Å². The maximum absolute atomic E-state index is 12.1. The van der Waals surface area contributed by atoms with E-state index in [0.29, 0.717) is 31.0 Å². The molecule has 0 spiro atoms. The third-order valence-electron chi connectivity index (χ3n) is 4.03. The van der Waals surface area contributed by atoms with E-state index in [0.717, 1.165) is 24.9 Å². The van der Waals surface area contributed by atoms with Gasteiger partial charge in [-0.05, 0) is 31.4 Å². The molecular formula is C16H20N2O4. The van der Waals surface area contributed by atoms with Crippen LogP contribution in [0.25, 0.3) is 0 Å². The minimum absolute atomic E-state index is 0.106. The molecule has 2 amide bonds. The van der Waals surface area contributed by atoms with Crippen LogP contribution in [0.5, 0.6) is 5.75 Å². The lowest BCUT2D eigenvalue weighted by Crippen LogP contribution is -2.27. The van der Waals surface area contributed by atoms with E-state index >= 15 is 0 Å². The Balaban J connectivity index is 1.76. The molecule has 22 heavy (non-hydrogen) atoms. The molecule has 0 saturated carbocycles. The molecule has 1 atom stereocenters. The number of benzene rings is 1. The fourth-order valence-electron chi connectivity index (χ4n) is 2.89. The van der Waals surface area contributed by atoms with Gasteiger partial charge in [0.25, 0.3) is 5.91 Å². The first-order valence-electron chi connectivity index (χ1n) is 7.60. The first kappa shape index (κ1) is 14.8. The Morgan fingerprint density at radius 1 is 1.41 bits per heavy atom. The predicted octanol–water partition coefficient (Wildman–Crippen LogP) is 1.94. The Morgan fingerprint density at radius 3 is 2.91 bits per heavy atom. The fraction of sp³-hybridized carbons (Fsp3) is 0.500. The van der Waals surface area contributed by atoms with E-state index in [1.54, 1.807) is 24.1 Å². The van der Waals surface area contributed by atoms with Gasteiger partial charge in [-0.2, -0.15) is 0 Å². The standard InChI is InChI=1S/C16H20N2O4/c1-21-14-10-11(17-16(20)13-4-3-9-22-13)6-7-12(14)18-8-2-5-15(18)19/h6-7,10,13H,2-5,8-9H2,1H3,(H,17,20)/t13-/m0/s1. The molecule has 1 aromatic carbocycles. The molecule has 2 fully saturated rings. The third-order valence-corrected chi connectivity index (χ3v) is 4.03. The van der Waals surface area contributed by atoms with Crippen molar-refractivity contribution < 1.29 is 19.1 Å². The third kappa shape index (κ3) is 2.92. The predicted molar refractivity (Wildman–Crippen MR) is 82.2 cm³/mol. The Morgan fingerprint density at radius 2 is 2.27 bits per heavy atom. The van der Waals surface area contributed by atoms with Crippen LogP contribution < -0.4 is 15.0 Å². The van der Waals surface area contributed by atoms with Gasteiger partial charge in [-0.25, -0.2) is 0 Å². The fourth-order valence-corrected chi connectivity index (χ4v) is 2.89. The van der Waals surface area contributed by atoms with Gasteiger partial charge in [0.2, 0.25) is 5.91 Å². The second-order valence-corrected chi connectivity index (χ2v) is 5.53. The molecule has 6 nitrogen and oxygen atoms in total. The summed E-state index contributed by atoms with van der Waals surface area (Å²) in [6, 6.07) is 5.34. The molecule has 0 bridgehead atoms. The largest absolute Gasteiger partial charge is 0.494 e. The van der Waals surface area contributed by atoms with Crippen molar-refractivity contribution in [1.82, 2.24) is 0 Å². The molecule has 0 aromatic heterocycles. The Labute approximate surface area is 129 Å². The van der Waals surface area contributed by atoms with Gasteiger partial charge in [0, 0.05) is 31.3 Å². The molecule has 2 aliphatic heterocycles. The lowest BCUT2D eigenvalue weighted by molar-refractivity contribution is -0.124. The lowest BCUT2D eigenvalue weighted by atomic mass is 10.2. The van der Waals surface area contributed by atoms with Crippen LogP contribution in [-0.2, 0) is 14.3 Å². The van der Waals surface area contributed by atoms with E-state index in [2.05, 4.69) is 5.32 Å². The second kappa shape index (κ2) is 6.36. The average Bonchev–Trinajstić information content (AvgIpc) is 3.18. The van der Waals surface area contributed by atoms with E-state index in [1.807, 2.05) is 6.07 Å². The zero-order valence-electron chi connectivity index (χ0n) is 12.6. The van der Waals surface area contributed by atoms with Gasteiger partial charge in [0.15, 0.2) is 0 Å². The summed E-state index contributed by atoms with van der Waals surface area (Å²) in [5.41, 5.74) is 1.40. The monoisotopic (exact) mass is 304 g/mol. The number of methoxy groups -OCH3 is 1. The topological polar surface area (TPSA) is 67.9 Å². The number of hydrogen-bond donors (Lipinski definition) is 1. The van der Waals surface area contributed by atoms with E-state index in [-0.39, 0.29) is 17.9 Å². The van der Waals surface area contributed by atoms with Crippen LogP contribution in [0.15, 0.2) is 18.2 Å². The summed E-state index contributed by atoms with van der Waals surface area (Å²) in [5, 5.41) is 2.84. The molecule has 2 aliphatic rings.